The molecule has 1 unspecified atom stereocenters. The number of nitrogens with zero attached hydrogens (tertiary/aromatic N) is 2. The molecule has 1 fully saturated rings. The van der Waals surface area contributed by atoms with E-state index in [1.54, 1.807) is 0 Å². The van der Waals surface area contributed by atoms with Crippen molar-refractivity contribution in [2.45, 2.75) is 31.3 Å². The van der Waals surface area contributed by atoms with E-state index in [1.807, 2.05) is 0 Å². The van der Waals surface area contributed by atoms with Crippen LogP contribution in [0.4, 0.5) is 13.2 Å². The number of benzene rings is 1. The van der Waals surface area contributed by atoms with E-state index < -0.39 is 52.4 Å². The average Bonchev–Trinajstić information content (AvgIpc) is 2.95. The van der Waals surface area contributed by atoms with E-state index in [1.165, 1.54) is 9.47 Å². The van der Waals surface area contributed by atoms with Gasteiger partial charge in [-0.05, 0) is 25.3 Å². The Morgan fingerprint density at radius 3 is 2.71 bits per heavy atom. The third kappa shape index (κ3) is 3.45. The maximum Gasteiger partial charge on any atom is 0.274 e. The third-order valence-electron chi connectivity index (χ3n) is 5.94. The third-order valence-corrected chi connectivity index (χ3v) is 5.94. The molecule has 2 aromatic rings. The number of halogens is 3. The Bertz CT molecular complexity index is 1130. The minimum atomic E-state index is -1.19. The van der Waals surface area contributed by atoms with E-state index in [-0.39, 0.29) is 24.3 Å². The molecular weight excluding hydrogens is 415 g/mol. The van der Waals surface area contributed by atoms with Crippen molar-refractivity contribution < 1.29 is 27.9 Å². The Labute approximate surface area is 175 Å². The van der Waals surface area contributed by atoms with Gasteiger partial charge in [0.05, 0.1) is 5.54 Å². The second kappa shape index (κ2) is 7.75. The molecule has 3 heterocycles. The van der Waals surface area contributed by atoms with E-state index in [4.69, 9.17) is 0 Å². The first-order valence-corrected chi connectivity index (χ1v) is 9.84. The molecule has 1 saturated heterocycles. The number of hydrogen-bond acceptors (Lipinski definition) is 4. The van der Waals surface area contributed by atoms with Gasteiger partial charge >= 0.3 is 0 Å². The van der Waals surface area contributed by atoms with Crippen molar-refractivity contribution in [1.82, 2.24) is 14.8 Å². The standard InChI is InChI=1S/C21H20F3N3O4/c22-10-21-5-1-2-6-26(11-21)20(31)16-18(29)17(28)14(9-27(16)21)19(30)25-8-12-3-4-13(23)7-15(12)24/h3-4,7,9,29H,1-2,5-6,8,10-11H2,(H,25,30). The highest BCUT2D eigenvalue weighted by Crippen LogP contribution is 2.37. The van der Waals surface area contributed by atoms with E-state index in [9.17, 15) is 32.7 Å². The van der Waals surface area contributed by atoms with E-state index >= 15 is 0 Å². The first-order valence-electron chi connectivity index (χ1n) is 9.84. The molecule has 4 rings (SSSR count). The number of carbonyl (C=O) groups excluding carboxylic acids is 2. The van der Waals surface area contributed by atoms with Crippen LogP contribution in [0.2, 0.25) is 0 Å². The Morgan fingerprint density at radius 2 is 2.00 bits per heavy atom. The van der Waals surface area contributed by atoms with Crippen LogP contribution in [0.25, 0.3) is 0 Å². The van der Waals surface area contributed by atoms with Crippen molar-refractivity contribution >= 4 is 11.8 Å². The fourth-order valence-electron chi connectivity index (χ4n) is 4.24. The lowest BCUT2D eigenvalue weighted by atomic mass is 9.91. The molecule has 2 N–H and O–H groups in total. The molecule has 10 heteroatoms. The smallest absolute Gasteiger partial charge is 0.274 e. The summed E-state index contributed by atoms with van der Waals surface area (Å²) < 4.78 is 42.3. The van der Waals surface area contributed by atoms with Crippen LogP contribution in [0.5, 0.6) is 5.75 Å². The Hall–Kier alpha value is -3.30. The zero-order chi connectivity index (χ0) is 22.3. The van der Waals surface area contributed by atoms with Gasteiger partial charge in [0.1, 0.15) is 23.9 Å². The summed E-state index contributed by atoms with van der Waals surface area (Å²) in [7, 11) is 0. The molecule has 2 aliphatic heterocycles. The fourth-order valence-corrected chi connectivity index (χ4v) is 4.24. The number of aromatic hydroxyl groups is 1. The van der Waals surface area contributed by atoms with Gasteiger partial charge in [-0.3, -0.25) is 14.4 Å². The topological polar surface area (TPSA) is 91.6 Å². The minimum absolute atomic E-state index is 0.00755. The van der Waals surface area contributed by atoms with Crippen molar-refractivity contribution in [3.63, 3.8) is 0 Å². The summed E-state index contributed by atoms with van der Waals surface area (Å²) in [5, 5.41) is 12.8. The van der Waals surface area contributed by atoms with Crippen LogP contribution < -0.4 is 10.7 Å². The largest absolute Gasteiger partial charge is 0.503 e. The number of amides is 2. The van der Waals surface area contributed by atoms with Crippen LogP contribution >= 0.6 is 0 Å². The summed E-state index contributed by atoms with van der Waals surface area (Å²) in [6.45, 7) is -0.735. The van der Waals surface area contributed by atoms with Gasteiger partial charge in [0.2, 0.25) is 5.43 Å². The van der Waals surface area contributed by atoms with Gasteiger partial charge in [-0.25, -0.2) is 13.2 Å². The van der Waals surface area contributed by atoms with Crippen LogP contribution in [0.3, 0.4) is 0 Å². The Morgan fingerprint density at radius 1 is 1.23 bits per heavy atom. The maximum absolute atomic E-state index is 14.2. The molecule has 1 aromatic heterocycles. The molecule has 1 aromatic carbocycles. The highest BCUT2D eigenvalue weighted by Gasteiger charge is 2.46. The van der Waals surface area contributed by atoms with E-state index in [0.717, 1.165) is 18.3 Å². The minimum Gasteiger partial charge on any atom is -0.503 e. The number of rotatable bonds is 4. The van der Waals surface area contributed by atoms with Crippen LogP contribution in [0.1, 0.15) is 45.7 Å². The molecule has 2 aliphatic rings. The highest BCUT2D eigenvalue weighted by molar-refractivity contribution is 5.99. The molecule has 164 valence electrons. The van der Waals surface area contributed by atoms with Gasteiger partial charge < -0.3 is 19.9 Å². The van der Waals surface area contributed by atoms with Gasteiger partial charge in [-0.15, -0.1) is 0 Å². The van der Waals surface area contributed by atoms with Crippen molar-refractivity contribution in [1.29, 1.82) is 0 Å². The molecular formula is C21H20F3N3O4. The van der Waals surface area contributed by atoms with Crippen LogP contribution in [-0.2, 0) is 12.1 Å². The lowest BCUT2D eigenvalue weighted by Crippen LogP contribution is -2.55. The number of aromatic nitrogens is 1. The number of fused-ring (bicyclic) bond motifs is 4. The molecule has 2 bridgehead atoms. The van der Waals surface area contributed by atoms with Crippen molar-refractivity contribution in [3.05, 3.63) is 63.1 Å². The molecule has 7 nitrogen and oxygen atoms in total. The van der Waals surface area contributed by atoms with Crippen LogP contribution in [0, 0.1) is 11.6 Å². The highest BCUT2D eigenvalue weighted by atomic mass is 19.1. The second-order valence-corrected chi connectivity index (χ2v) is 7.90. The fraction of sp³-hybridized carbons (Fsp3) is 0.381. The number of alkyl halides is 1. The number of hydrogen-bond donors (Lipinski definition) is 2. The Balaban J connectivity index is 1.73. The lowest BCUT2D eigenvalue weighted by molar-refractivity contribution is 0.0516. The molecule has 0 radical (unpaired) electrons. The van der Waals surface area contributed by atoms with Gasteiger partial charge in [-0.1, -0.05) is 6.07 Å². The maximum atomic E-state index is 14.2. The predicted molar refractivity (Wildman–Crippen MR) is 104 cm³/mol. The van der Waals surface area contributed by atoms with Crippen molar-refractivity contribution in [3.8, 4) is 5.75 Å². The second-order valence-electron chi connectivity index (χ2n) is 7.90. The number of carbonyl (C=O) groups is 2. The summed E-state index contributed by atoms with van der Waals surface area (Å²) in [4.78, 5) is 39.5. The Kier molecular flexibility index (Phi) is 5.24. The molecule has 2 amide bonds. The molecule has 0 saturated carbocycles. The van der Waals surface area contributed by atoms with Gasteiger partial charge in [0.15, 0.2) is 11.4 Å². The summed E-state index contributed by atoms with van der Waals surface area (Å²) >= 11 is 0. The summed E-state index contributed by atoms with van der Waals surface area (Å²) in [6.07, 6.45) is 2.74. The normalized spacial score (nSPS) is 20.2. The van der Waals surface area contributed by atoms with Crippen LogP contribution in [0.15, 0.2) is 29.2 Å². The van der Waals surface area contributed by atoms with Crippen molar-refractivity contribution in [2.24, 2.45) is 0 Å². The van der Waals surface area contributed by atoms with Crippen molar-refractivity contribution in [2.75, 3.05) is 19.8 Å². The number of nitrogens with one attached hydrogen (secondary N) is 1. The van der Waals surface area contributed by atoms with Crippen LogP contribution in [-0.4, -0.2) is 46.2 Å². The molecule has 1 atom stereocenters. The van der Waals surface area contributed by atoms with Gasteiger partial charge in [0, 0.05) is 37.5 Å². The molecule has 0 spiro atoms. The average molecular weight is 435 g/mol. The quantitative estimate of drug-likeness (QED) is 0.769. The van der Waals surface area contributed by atoms with E-state index in [0.29, 0.717) is 31.9 Å². The lowest BCUT2D eigenvalue weighted by Gasteiger charge is -2.42. The zero-order valence-electron chi connectivity index (χ0n) is 16.5. The first kappa shape index (κ1) is 21.0. The summed E-state index contributed by atoms with van der Waals surface area (Å²) in [6, 6.07) is 2.84. The SMILES string of the molecule is O=C(NCc1ccc(F)cc1F)c1cn2c(c(O)c1=O)C(=O)N1CCCCC2(CF)C1. The van der Waals surface area contributed by atoms with E-state index in [2.05, 4.69) is 5.32 Å². The zero-order valence-corrected chi connectivity index (χ0v) is 16.5. The molecule has 31 heavy (non-hydrogen) atoms. The van der Waals surface area contributed by atoms with Gasteiger partial charge in [-0.2, -0.15) is 0 Å². The first-order chi connectivity index (χ1) is 14.8. The number of pyridine rings is 1. The summed E-state index contributed by atoms with van der Waals surface area (Å²) in [5.41, 5.74) is -3.11. The molecule has 0 aliphatic carbocycles. The summed E-state index contributed by atoms with van der Waals surface area (Å²) in [5.74, 6) is -4.09. The van der Waals surface area contributed by atoms with Gasteiger partial charge in [0.25, 0.3) is 11.8 Å². The monoisotopic (exact) mass is 435 g/mol. The predicted octanol–water partition coefficient (Wildman–Crippen LogP) is 2.07.